The Morgan fingerprint density at radius 3 is 3.00 bits per heavy atom. The quantitative estimate of drug-likeness (QED) is 0.805. The van der Waals surface area contributed by atoms with Crippen LogP contribution in [0.4, 0.5) is 0 Å². The maximum Gasteiger partial charge on any atom is 0.0541 e. The second-order valence-corrected chi connectivity index (χ2v) is 4.42. The molecule has 1 fully saturated rings. The summed E-state index contributed by atoms with van der Waals surface area (Å²) < 4.78 is 0. The van der Waals surface area contributed by atoms with Crippen LogP contribution in [0.5, 0.6) is 0 Å². The lowest BCUT2D eigenvalue weighted by atomic mass is 10.2. The molecule has 2 rings (SSSR count). The van der Waals surface area contributed by atoms with E-state index in [1.807, 2.05) is 18.3 Å². The second kappa shape index (κ2) is 4.73. The number of rotatable bonds is 3. The van der Waals surface area contributed by atoms with Crippen molar-refractivity contribution in [3.63, 3.8) is 0 Å². The minimum absolute atomic E-state index is 0.618. The Morgan fingerprint density at radius 1 is 1.53 bits per heavy atom. The molecule has 1 N–H and O–H groups in total. The van der Waals surface area contributed by atoms with Crippen molar-refractivity contribution in [1.29, 1.82) is 0 Å². The molecular weight excluding hydrogens is 186 g/mol. The van der Waals surface area contributed by atoms with Crippen LogP contribution in [-0.4, -0.2) is 35.6 Å². The van der Waals surface area contributed by atoms with Crippen molar-refractivity contribution in [1.82, 2.24) is 15.2 Å². The Labute approximate surface area is 91.5 Å². The number of nitrogens with zero attached hydrogens (tertiary/aromatic N) is 2. The smallest absolute Gasteiger partial charge is 0.0541 e. The lowest BCUT2D eigenvalue weighted by Crippen LogP contribution is -2.31. The van der Waals surface area contributed by atoms with Gasteiger partial charge in [-0.3, -0.25) is 4.98 Å². The highest BCUT2D eigenvalue weighted by atomic mass is 15.2. The van der Waals surface area contributed by atoms with E-state index in [1.54, 1.807) is 0 Å². The van der Waals surface area contributed by atoms with E-state index < -0.39 is 0 Å². The van der Waals surface area contributed by atoms with Crippen LogP contribution in [0.15, 0.2) is 24.4 Å². The van der Waals surface area contributed by atoms with Gasteiger partial charge in [-0.15, -0.1) is 0 Å². The number of likely N-dealkylation sites (tertiary alicyclic amines) is 1. The monoisotopic (exact) mass is 205 g/mol. The summed E-state index contributed by atoms with van der Waals surface area (Å²) in [7, 11) is 2.19. The van der Waals surface area contributed by atoms with Crippen LogP contribution in [0, 0.1) is 0 Å². The topological polar surface area (TPSA) is 28.2 Å². The van der Waals surface area contributed by atoms with E-state index in [-0.39, 0.29) is 0 Å². The SMILES string of the molecule is CC1CC(NCc2ccccn2)CN1C. The first kappa shape index (κ1) is 10.6. The molecule has 0 bridgehead atoms. The molecule has 2 heterocycles. The third-order valence-electron chi connectivity index (χ3n) is 3.18. The predicted octanol–water partition coefficient (Wildman–Crippen LogP) is 1.26. The lowest BCUT2D eigenvalue weighted by Gasteiger charge is -2.13. The van der Waals surface area contributed by atoms with Crippen LogP contribution in [-0.2, 0) is 6.54 Å². The normalized spacial score (nSPS) is 27.1. The molecule has 3 heteroatoms. The number of pyridine rings is 1. The summed E-state index contributed by atoms with van der Waals surface area (Å²) in [4.78, 5) is 6.70. The maximum atomic E-state index is 4.30. The predicted molar refractivity (Wildman–Crippen MR) is 61.6 cm³/mol. The van der Waals surface area contributed by atoms with Gasteiger partial charge in [-0.1, -0.05) is 6.07 Å². The van der Waals surface area contributed by atoms with Crippen LogP contribution in [0.2, 0.25) is 0 Å². The van der Waals surface area contributed by atoms with Gasteiger partial charge >= 0.3 is 0 Å². The Hall–Kier alpha value is -0.930. The van der Waals surface area contributed by atoms with Gasteiger partial charge in [0, 0.05) is 31.4 Å². The third kappa shape index (κ3) is 2.76. The largest absolute Gasteiger partial charge is 0.307 e. The standard InChI is InChI=1S/C12H19N3/c1-10-7-12(9-15(10)2)14-8-11-5-3-4-6-13-11/h3-6,10,12,14H,7-9H2,1-2H3. The van der Waals surface area contributed by atoms with E-state index in [9.17, 15) is 0 Å². The van der Waals surface area contributed by atoms with Crippen molar-refractivity contribution < 1.29 is 0 Å². The highest BCUT2D eigenvalue weighted by Crippen LogP contribution is 2.14. The molecule has 15 heavy (non-hydrogen) atoms. The molecule has 1 aromatic rings. The number of likely N-dealkylation sites (N-methyl/N-ethyl adjacent to an activating group) is 1. The summed E-state index contributed by atoms with van der Waals surface area (Å²) in [6, 6.07) is 7.37. The molecule has 1 aliphatic rings. The molecule has 82 valence electrons. The maximum absolute atomic E-state index is 4.30. The van der Waals surface area contributed by atoms with E-state index in [2.05, 4.69) is 35.2 Å². The van der Waals surface area contributed by atoms with Gasteiger partial charge in [0.05, 0.1) is 5.69 Å². The molecule has 0 amide bonds. The molecule has 0 saturated carbocycles. The third-order valence-corrected chi connectivity index (χ3v) is 3.18. The molecule has 0 aromatic carbocycles. The summed E-state index contributed by atoms with van der Waals surface area (Å²) in [5.41, 5.74) is 1.12. The second-order valence-electron chi connectivity index (χ2n) is 4.42. The zero-order valence-corrected chi connectivity index (χ0v) is 9.48. The van der Waals surface area contributed by atoms with Gasteiger partial charge < -0.3 is 10.2 Å². The average molecular weight is 205 g/mol. The molecule has 1 aromatic heterocycles. The zero-order valence-electron chi connectivity index (χ0n) is 9.48. The van der Waals surface area contributed by atoms with Crippen molar-refractivity contribution in [2.45, 2.75) is 32.0 Å². The molecule has 0 aliphatic carbocycles. The summed E-state index contributed by atoms with van der Waals surface area (Å²) in [5.74, 6) is 0. The number of aromatic nitrogens is 1. The highest BCUT2D eigenvalue weighted by molar-refractivity contribution is 5.03. The van der Waals surface area contributed by atoms with Crippen LogP contribution in [0.1, 0.15) is 19.0 Å². The van der Waals surface area contributed by atoms with Gasteiger partial charge in [0.25, 0.3) is 0 Å². The Balaban J connectivity index is 1.80. The van der Waals surface area contributed by atoms with Gasteiger partial charge in [0.2, 0.25) is 0 Å². The number of hydrogen-bond acceptors (Lipinski definition) is 3. The average Bonchev–Trinajstić information content (AvgIpc) is 2.57. The first-order valence-corrected chi connectivity index (χ1v) is 5.59. The fraction of sp³-hybridized carbons (Fsp3) is 0.583. The summed E-state index contributed by atoms with van der Waals surface area (Å²) >= 11 is 0. The lowest BCUT2D eigenvalue weighted by molar-refractivity contribution is 0.326. The van der Waals surface area contributed by atoms with E-state index in [0.717, 1.165) is 18.8 Å². The van der Waals surface area contributed by atoms with Crippen molar-refractivity contribution in [2.24, 2.45) is 0 Å². The molecule has 2 unspecified atom stereocenters. The minimum Gasteiger partial charge on any atom is -0.307 e. The molecule has 2 atom stereocenters. The molecule has 0 spiro atoms. The molecule has 1 saturated heterocycles. The van der Waals surface area contributed by atoms with Crippen LogP contribution in [0.3, 0.4) is 0 Å². The van der Waals surface area contributed by atoms with Crippen LogP contribution in [0.25, 0.3) is 0 Å². The van der Waals surface area contributed by atoms with Crippen LogP contribution >= 0.6 is 0 Å². The van der Waals surface area contributed by atoms with E-state index in [0.29, 0.717) is 12.1 Å². The first-order valence-electron chi connectivity index (χ1n) is 5.59. The van der Waals surface area contributed by atoms with Gasteiger partial charge in [-0.2, -0.15) is 0 Å². The summed E-state index contributed by atoms with van der Waals surface area (Å²) in [6.45, 7) is 4.31. The van der Waals surface area contributed by atoms with Gasteiger partial charge in [-0.25, -0.2) is 0 Å². The Bertz CT molecular complexity index is 289. The Morgan fingerprint density at radius 2 is 2.40 bits per heavy atom. The molecule has 3 nitrogen and oxygen atoms in total. The minimum atomic E-state index is 0.618. The van der Waals surface area contributed by atoms with Crippen molar-refractivity contribution in [2.75, 3.05) is 13.6 Å². The number of hydrogen-bond donors (Lipinski definition) is 1. The first-order chi connectivity index (χ1) is 7.25. The Kier molecular flexibility index (Phi) is 3.34. The van der Waals surface area contributed by atoms with E-state index in [1.165, 1.54) is 6.42 Å². The highest BCUT2D eigenvalue weighted by Gasteiger charge is 2.25. The van der Waals surface area contributed by atoms with Crippen molar-refractivity contribution in [3.05, 3.63) is 30.1 Å². The van der Waals surface area contributed by atoms with Gasteiger partial charge in [0.1, 0.15) is 0 Å². The number of nitrogens with one attached hydrogen (secondary N) is 1. The van der Waals surface area contributed by atoms with Crippen LogP contribution < -0.4 is 5.32 Å². The zero-order chi connectivity index (χ0) is 10.7. The fourth-order valence-corrected chi connectivity index (χ4v) is 2.09. The summed E-state index contributed by atoms with van der Waals surface area (Å²) in [5, 5.41) is 3.55. The molecular formula is C12H19N3. The van der Waals surface area contributed by atoms with Crippen molar-refractivity contribution in [3.8, 4) is 0 Å². The molecule has 1 aliphatic heterocycles. The van der Waals surface area contributed by atoms with Crippen molar-refractivity contribution >= 4 is 0 Å². The molecule has 0 radical (unpaired) electrons. The van der Waals surface area contributed by atoms with Gasteiger partial charge in [0.15, 0.2) is 0 Å². The summed E-state index contributed by atoms with van der Waals surface area (Å²) in [6.07, 6.45) is 3.09. The van der Waals surface area contributed by atoms with E-state index >= 15 is 0 Å². The van der Waals surface area contributed by atoms with Gasteiger partial charge in [-0.05, 0) is 32.5 Å². The fourth-order valence-electron chi connectivity index (χ4n) is 2.09. The van der Waals surface area contributed by atoms with E-state index in [4.69, 9.17) is 0 Å².